The van der Waals surface area contributed by atoms with E-state index >= 15 is 0 Å². The van der Waals surface area contributed by atoms with Crippen LogP contribution >= 0.6 is 0 Å². The average molecular weight is 197 g/mol. The fourth-order valence-corrected chi connectivity index (χ4v) is 1.45. The van der Waals surface area contributed by atoms with Crippen molar-refractivity contribution in [1.29, 1.82) is 0 Å². The predicted octanol–water partition coefficient (Wildman–Crippen LogP) is 0.715. The third-order valence-corrected chi connectivity index (χ3v) is 2.28. The number of nitrogens with zero attached hydrogens (tertiary/aromatic N) is 2. The molecule has 80 valence electrons. The van der Waals surface area contributed by atoms with Gasteiger partial charge in [-0.25, -0.2) is 0 Å². The van der Waals surface area contributed by atoms with E-state index in [0.717, 1.165) is 18.5 Å². The number of aryl methyl sites for hydroxylation is 1. The van der Waals surface area contributed by atoms with Gasteiger partial charge in [0, 0.05) is 32.8 Å². The van der Waals surface area contributed by atoms with Crippen molar-refractivity contribution in [3.8, 4) is 0 Å². The molecule has 0 fully saturated rings. The van der Waals surface area contributed by atoms with Crippen molar-refractivity contribution in [2.45, 2.75) is 31.9 Å². The summed E-state index contributed by atoms with van der Waals surface area (Å²) in [6.45, 7) is 2.03. The number of hydrogen-bond acceptors (Lipinski definition) is 3. The van der Waals surface area contributed by atoms with Gasteiger partial charge < -0.3 is 10.5 Å². The minimum Gasteiger partial charge on any atom is -0.382 e. The lowest BCUT2D eigenvalue weighted by Gasteiger charge is -2.14. The summed E-state index contributed by atoms with van der Waals surface area (Å²) < 4.78 is 6.95. The molecule has 14 heavy (non-hydrogen) atoms. The van der Waals surface area contributed by atoms with E-state index in [9.17, 15) is 0 Å². The summed E-state index contributed by atoms with van der Waals surface area (Å²) >= 11 is 0. The van der Waals surface area contributed by atoms with Crippen LogP contribution in [0, 0.1) is 0 Å². The Morgan fingerprint density at radius 3 is 2.86 bits per heavy atom. The average Bonchev–Trinajstić information content (AvgIpc) is 2.50. The predicted molar refractivity (Wildman–Crippen MR) is 56.0 cm³/mol. The molecule has 0 saturated heterocycles. The summed E-state index contributed by atoms with van der Waals surface area (Å²) in [5.41, 5.74) is 7.01. The molecular weight excluding hydrogens is 178 g/mol. The van der Waals surface area contributed by atoms with Gasteiger partial charge in [-0.3, -0.25) is 4.68 Å². The number of hydrogen-bond donors (Lipinski definition) is 1. The minimum atomic E-state index is 0.125. The molecule has 0 aliphatic heterocycles. The number of nitrogens with two attached hydrogens (primary N) is 1. The van der Waals surface area contributed by atoms with E-state index in [-0.39, 0.29) is 12.1 Å². The lowest BCUT2D eigenvalue weighted by molar-refractivity contribution is 0.104. The molecule has 0 aromatic carbocycles. The first-order valence-corrected chi connectivity index (χ1v) is 4.88. The monoisotopic (exact) mass is 197 g/mol. The second-order valence-electron chi connectivity index (χ2n) is 3.73. The first-order valence-electron chi connectivity index (χ1n) is 4.88. The lowest BCUT2D eigenvalue weighted by atomic mass is 10.1. The SMILES string of the molecule is COC(C)CC(N)Cc1ccn(C)n1. The maximum absolute atomic E-state index is 5.96. The van der Waals surface area contributed by atoms with Crippen molar-refractivity contribution in [3.63, 3.8) is 0 Å². The van der Waals surface area contributed by atoms with Gasteiger partial charge in [-0.05, 0) is 19.4 Å². The summed E-state index contributed by atoms with van der Waals surface area (Å²) in [6, 6.07) is 2.12. The van der Waals surface area contributed by atoms with Crippen molar-refractivity contribution in [1.82, 2.24) is 9.78 Å². The maximum atomic E-state index is 5.96. The van der Waals surface area contributed by atoms with Crippen LogP contribution in [0.3, 0.4) is 0 Å². The number of methoxy groups -OCH3 is 1. The molecule has 0 aliphatic rings. The smallest absolute Gasteiger partial charge is 0.0639 e. The fraction of sp³-hybridized carbons (Fsp3) is 0.700. The normalized spacial score (nSPS) is 15.4. The van der Waals surface area contributed by atoms with Gasteiger partial charge >= 0.3 is 0 Å². The number of rotatable bonds is 5. The van der Waals surface area contributed by atoms with Crippen LogP contribution in [0.2, 0.25) is 0 Å². The quantitative estimate of drug-likeness (QED) is 0.756. The van der Waals surface area contributed by atoms with E-state index in [2.05, 4.69) is 5.10 Å². The van der Waals surface area contributed by atoms with Crippen molar-refractivity contribution < 1.29 is 4.74 Å². The molecule has 0 bridgehead atoms. The van der Waals surface area contributed by atoms with Crippen molar-refractivity contribution >= 4 is 0 Å². The lowest BCUT2D eigenvalue weighted by Crippen LogP contribution is -2.28. The molecule has 0 radical (unpaired) electrons. The zero-order valence-electron chi connectivity index (χ0n) is 9.10. The highest BCUT2D eigenvalue weighted by molar-refractivity contribution is 5.00. The number of aromatic nitrogens is 2. The topological polar surface area (TPSA) is 53.1 Å². The maximum Gasteiger partial charge on any atom is 0.0639 e. The van der Waals surface area contributed by atoms with E-state index in [1.165, 1.54) is 0 Å². The second-order valence-corrected chi connectivity index (χ2v) is 3.73. The molecule has 0 aliphatic carbocycles. The fourth-order valence-electron chi connectivity index (χ4n) is 1.45. The molecule has 1 aromatic heterocycles. The number of ether oxygens (including phenoxy) is 1. The van der Waals surface area contributed by atoms with Crippen LogP contribution in [-0.4, -0.2) is 29.0 Å². The summed E-state index contributed by atoms with van der Waals surface area (Å²) in [4.78, 5) is 0. The largest absolute Gasteiger partial charge is 0.382 e. The van der Waals surface area contributed by atoms with E-state index in [4.69, 9.17) is 10.5 Å². The Morgan fingerprint density at radius 1 is 1.64 bits per heavy atom. The summed E-state index contributed by atoms with van der Waals surface area (Å²) in [6.07, 6.45) is 3.83. The third-order valence-electron chi connectivity index (χ3n) is 2.28. The van der Waals surface area contributed by atoms with Crippen LogP contribution < -0.4 is 5.73 Å². The molecule has 0 spiro atoms. The van der Waals surface area contributed by atoms with Crippen LogP contribution in [0.4, 0.5) is 0 Å². The van der Waals surface area contributed by atoms with Gasteiger partial charge in [0.25, 0.3) is 0 Å². The van der Waals surface area contributed by atoms with Gasteiger partial charge in [0.1, 0.15) is 0 Å². The highest BCUT2D eigenvalue weighted by Gasteiger charge is 2.10. The van der Waals surface area contributed by atoms with E-state index in [1.54, 1.807) is 11.8 Å². The summed E-state index contributed by atoms with van der Waals surface area (Å²) in [5.74, 6) is 0. The zero-order chi connectivity index (χ0) is 10.6. The molecule has 2 N–H and O–H groups in total. The molecule has 1 aromatic rings. The van der Waals surface area contributed by atoms with E-state index in [1.807, 2.05) is 26.2 Å². The van der Waals surface area contributed by atoms with Crippen molar-refractivity contribution in [2.24, 2.45) is 12.8 Å². The van der Waals surface area contributed by atoms with Gasteiger partial charge in [-0.2, -0.15) is 5.10 Å². The first kappa shape index (κ1) is 11.2. The molecular formula is C10H19N3O. The van der Waals surface area contributed by atoms with Crippen LogP contribution in [0.5, 0.6) is 0 Å². The molecule has 2 atom stereocenters. The summed E-state index contributed by atoms with van der Waals surface area (Å²) in [5, 5.41) is 4.28. The zero-order valence-corrected chi connectivity index (χ0v) is 9.10. The van der Waals surface area contributed by atoms with Gasteiger partial charge in [-0.1, -0.05) is 0 Å². The minimum absolute atomic E-state index is 0.125. The molecule has 1 heterocycles. The molecule has 0 saturated carbocycles. The van der Waals surface area contributed by atoms with Crippen molar-refractivity contribution in [3.05, 3.63) is 18.0 Å². The Kier molecular flexibility index (Phi) is 4.10. The van der Waals surface area contributed by atoms with Gasteiger partial charge in [-0.15, -0.1) is 0 Å². The Bertz CT molecular complexity index is 272. The van der Waals surface area contributed by atoms with Crippen LogP contribution in [-0.2, 0) is 18.2 Å². The Balaban J connectivity index is 2.37. The van der Waals surface area contributed by atoms with Crippen LogP contribution in [0.25, 0.3) is 0 Å². The third kappa shape index (κ3) is 3.47. The van der Waals surface area contributed by atoms with E-state index < -0.39 is 0 Å². The molecule has 1 rings (SSSR count). The Hall–Kier alpha value is -0.870. The molecule has 2 unspecified atom stereocenters. The second kappa shape index (κ2) is 5.12. The van der Waals surface area contributed by atoms with Gasteiger partial charge in [0.2, 0.25) is 0 Å². The van der Waals surface area contributed by atoms with Gasteiger partial charge in [0.15, 0.2) is 0 Å². The summed E-state index contributed by atoms with van der Waals surface area (Å²) in [7, 11) is 3.62. The van der Waals surface area contributed by atoms with Gasteiger partial charge in [0.05, 0.1) is 11.8 Å². The standard InChI is InChI=1S/C10H19N3O/c1-8(14-3)6-9(11)7-10-4-5-13(2)12-10/h4-5,8-9H,6-7,11H2,1-3H3. The molecule has 0 amide bonds. The molecule has 4 nitrogen and oxygen atoms in total. The highest BCUT2D eigenvalue weighted by atomic mass is 16.5. The highest BCUT2D eigenvalue weighted by Crippen LogP contribution is 2.05. The van der Waals surface area contributed by atoms with E-state index in [0.29, 0.717) is 0 Å². The van der Waals surface area contributed by atoms with Crippen molar-refractivity contribution in [2.75, 3.05) is 7.11 Å². The first-order chi connectivity index (χ1) is 6.61. The van der Waals surface area contributed by atoms with Crippen LogP contribution in [0.1, 0.15) is 19.0 Å². The molecule has 4 heteroatoms. The Labute approximate surface area is 85.0 Å². The van der Waals surface area contributed by atoms with Crippen LogP contribution in [0.15, 0.2) is 12.3 Å². The Morgan fingerprint density at radius 2 is 2.36 bits per heavy atom.